The third-order valence-electron chi connectivity index (χ3n) is 2.73. The minimum atomic E-state index is -0.488. The van der Waals surface area contributed by atoms with Gasteiger partial charge in [0.15, 0.2) is 0 Å². The zero-order valence-corrected chi connectivity index (χ0v) is 11.9. The number of aromatic nitrogens is 2. The van der Waals surface area contributed by atoms with Gasteiger partial charge >= 0.3 is 0 Å². The van der Waals surface area contributed by atoms with Gasteiger partial charge in [0.1, 0.15) is 0 Å². The quantitative estimate of drug-likeness (QED) is 0.842. The summed E-state index contributed by atoms with van der Waals surface area (Å²) >= 11 is 1.67. The number of benzene rings is 1. The van der Waals surface area contributed by atoms with E-state index >= 15 is 0 Å². The first-order valence-electron chi connectivity index (χ1n) is 6.12. The molecule has 0 saturated carbocycles. The van der Waals surface area contributed by atoms with E-state index in [0.29, 0.717) is 18.0 Å². The number of rotatable bonds is 6. The summed E-state index contributed by atoms with van der Waals surface area (Å²) in [5, 5.41) is 10.2. The summed E-state index contributed by atoms with van der Waals surface area (Å²) in [6.07, 6.45) is 3.92. The summed E-state index contributed by atoms with van der Waals surface area (Å²) in [6, 6.07) is 6.67. The van der Waals surface area contributed by atoms with Gasteiger partial charge in [-0.25, -0.2) is 0 Å². The first kappa shape index (κ1) is 14.5. The van der Waals surface area contributed by atoms with Crippen molar-refractivity contribution >= 4 is 23.4 Å². The molecular formula is C13H16N4O2S. The van der Waals surface area contributed by atoms with Gasteiger partial charge in [-0.1, -0.05) is 0 Å². The Labute approximate surface area is 121 Å². The average Bonchev–Trinajstić information content (AvgIpc) is 2.99. The highest BCUT2D eigenvalue weighted by Crippen LogP contribution is 2.19. The van der Waals surface area contributed by atoms with Gasteiger partial charge in [0.2, 0.25) is 18.2 Å². The number of nitrogens with one attached hydrogen (secondary N) is 1. The van der Waals surface area contributed by atoms with Gasteiger partial charge in [-0.3, -0.25) is 4.79 Å². The zero-order valence-electron chi connectivity index (χ0n) is 11.1. The third-order valence-corrected chi connectivity index (χ3v) is 3.37. The lowest BCUT2D eigenvalue weighted by atomic mass is 10.2. The van der Waals surface area contributed by atoms with Gasteiger partial charge in [-0.15, -0.1) is 10.2 Å². The summed E-state index contributed by atoms with van der Waals surface area (Å²) in [4.78, 5) is 11.8. The molecule has 1 amide bonds. The molecule has 20 heavy (non-hydrogen) atoms. The van der Waals surface area contributed by atoms with Crippen molar-refractivity contribution in [1.82, 2.24) is 10.2 Å². The maximum atomic E-state index is 11.8. The molecule has 1 aromatic heterocycles. The van der Waals surface area contributed by atoms with Crippen LogP contribution in [0.3, 0.4) is 0 Å². The summed E-state index contributed by atoms with van der Waals surface area (Å²) in [7, 11) is 0. The Morgan fingerprint density at radius 1 is 1.45 bits per heavy atom. The van der Waals surface area contributed by atoms with Crippen LogP contribution in [-0.4, -0.2) is 34.2 Å². The summed E-state index contributed by atoms with van der Waals surface area (Å²) < 4.78 is 5.09. The smallest absolute Gasteiger partial charge is 0.247 e. The number of hydrogen-bond donors (Lipinski definition) is 2. The van der Waals surface area contributed by atoms with E-state index in [0.717, 1.165) is 11.3 Å². The Morgan fingerprint density at radius 3 is 2.80 bits per heavy atom. The molecule has 0 spiro atoms. The lowest BCUT2D eigenvalue weighted by Gasteiger charge is -2.11. The van der Waals surface area contributed by atoms with Crippen LogP contribution < -0.4 is 11.1 Å². The largest absolute Gasteiger partial charge is 0.423 e. The molecule has 0 saturated heterocycles. The molecule has 3 N–H and O–H groups in total. The number of thioether (sulfide) groups is 1. The van der Waals surface area contributed by atoms with E-state index in [1.54, 1.807) is 36.0 Å². The summed E-state index contributed by atoms with van der Waals surface area (Å²) in [5.74, 6) is 1.13. The molecule has 106 valence electrons. The SMILES string of the molecule is CSCC[C@H](N)C(=O)Nc1ccc(-c2nnco2)cc1. The lowest BCUT2D eigenvalue weighted by molar-refractivity contribution is -0.117. The minimum absolute atomic E-state index is 0.176. The van der Waals surface area contributed by atoms with Crippen LogP contribution >= 0.6 is 11.8 Å². The second kappa shape index (κ2) is 7.06. The Morgan fingerprint density at radius 2 is 2.20 bits per heavy atom. The van der Waals surface area contributed by atoms with Gasteiger partial charge in [0.25, 0.3) is 0 Å². The Balaban J connectivity index is 1.95. The number of amides is 1. The van der Waals surface area contributed by atoms with E-state index in [1.807, 2.05) is 6.26 Å². The molecule has 0 bridgehead atoms. The molecule has 1 atom stereocenters. The molecule has 0 aliphatic heterocycles. The van der Waals surface area contributed by atoms with Crippen molar-refractivity contribution in [3.8, 4) is 11.5 Å². The number of nitrogens with zero attached hydrogens (tertiary/aromatic N) is 2. The molecule has 7 heteroatoms. The fourth-order valence-electron chi connectivity index (χ4n) is 1.61. The number of carbonyl (C=O) groups is 1. The standard InChI is InChI=1S/C13H16N4O2S/c1-20-7-6-11(14)12(18)16-10-4-2-9(3-5-10)13-17-15-8-19-13/h2-5,8,11H,6-7,14H2,1H3,(H,16,18)/t11-/m0/s1. The molecular weight excluding hydrogens is 276 g/mol. The summed E-state index contributed by atoms with van der Waals surface area (Å²) in [6.45, 7) is 0. The lowest BCUT2D eigenvalue weighted by Crippen LogP contribution is -2.36. The van der Waals surface area contributed by atoms with Gasteiger partial charge in [0.05, 0.1) is 6.04 Å². The molecule has 2 aromatic rings. The molecule has 0 fully saturated rings. The maximum Gasteiger partial charge on any atom is 0.247 e. The average molecular weight is 292 g/mol. The van der Waals surface area contributed by atoms with Crippen LogP contribution in [0, 0.1) is 0 Å². The Kier molecular flexibility index (Phi) is 5.14. The van der Waals surface area contributed by atoms with Crippen molar-refractivity contribution in [2.75, 3.05) is 17.3 Å². The highest BCUT2D eigenvalue weighted by molar-refractivity contribution is 7.98. The molecule has 0 aliphatic rings. The minimum Gasteiger partial charge on any atom is -0.423 e. The first-order chi connectivity index (χ1) is 9.70. The fourth-order valence-corrected chi connectivity index (χ4v) is 2.10. The van der Waals surface area contributed by atoms with E-state index in [9.17, 15) is 4.79 Å². The van der Waals surface area contributed by atoms with Crippen molar-refractivity contribution in [1.29, 1.82) is 0 Å². The highest BCUT2D eigenvalue weighted by atomic mass is 32.2. The van der Waals surface area contributed by atoms with Gasteiger partial charge in [-0.2, -0.15) is 11.8 Å². The molecule has 0 aliphatic carbocycles. The van der Waals surface area contributed by atoms with Gasteiger partial charge < -0.3 is 15.5 Å². The number of nitrogens with two attached hydrogens (primary N) is 1. The monoisotopic (exact) mass is 292 g/mol. The van der Waals surface area contributed by atoms with Gasteiger partial charge in [-0.05, 0) is 42.7 Å². The third kappa shape index (κ3) is 3.82. The number of anilines is 1. The van der Waals surface area contributed by atoms with Crippen LogP contribution in [0.25, 0.3) is 11.5 Å². The number of hydrogen-bond acceptors (Lipinski definition) is 6. The van der Waals surface area contributed by atoms with E-state index in [4.69, 9.17) is 10.2 Å². The van der Waals surface area contributed by atoms with Crippen molar-refractivity contribution < 1.29 is 9.21 Å². The molecule has 1 heterocycles. The van der Waals surface area contributed by atoms with Gasteiger partial charge in [0, 0.05) is 11.3 Å². The van der Waals surface area contributed by atoms with Crippen molar-refractivity contribution in [2.24, 2.45) is 5.73 Å². The van der Waals surface area contributed by atoms with Crippen LogP contribution in [0.5, 0.6) is 0 Å². The second-order valence-electron chi connectivity index (χ2n) is 4.20. The first-order valence-corrected chi connectivity index (χ1v) is 7.52. The summed E-state index contributed by atoms with van der Waals surface area (Å²) in [5.41, 5.74) is 7.29. The van der Waals surface area contributed by atoms with E-state index < -0.39 is 6.04 Å². The van der Waals surface area contributed by atoms with Crippen LogP contribution in [0.1, 0.15) is 6.42 Å². The predicted molar refractivity (Wildman–Crippen MR) is 79.3 cm³/mol. The Bertz CT molecular complexity index is 542. The van der Waals surface area contributed by atoms with Crippen molar-refractivity contribution in [2.45, 2.75) is 12.5 Å². The predicted octanol–water partition coefficient (Wildman–Crippen LogP) is 1.76. The van der Waals surface area contributed by atoms with Crippen LogP contribution in [0.4, 0.5) is 5.69 Å². The Hall–Kier alpha value is -1.86. The van der Waals surface area contributed by atoms with E-state index in [2.05, 4.69) is 15.5 Å². The molecule has 0 unspecified atom stereocenters. The zero-order chi connectivity index (χ0) is 14.4. The molecule has 1 aromatic carbocycles. The van der Waals surface area contributed by atoms with Crippen LogP contribution in [-0.2, 0) is 4.79 Å². The molecule has 2 rings (SSSR count). The van der Waals surface area contributed by atoms with E-state index in [-0.39, 0.29) is 5.91 Å². The fraction of sp³-hybridized carbons (Fsp3) is 0.308. The van der Waals surface area contributed by atoms with Crippen LogP contribution in [0.15, 0.2) is 35.1 Å². The van der Waals surface area contributed by atoms with E-state index in [1.165, 1.54) is 6.39 Å². The highest BCUT2D eigenvalue weighted by Gasteiger charge is 2.13. The van der Waals surface area contributed by atoms with Crippen molar-refractivity contribution in [3.63, 3.8) is 0 Å². The van der Waals surface area contributed by atoms with Crippen LogP contribution in [0.2, 0.25) is 0 Å². The topological polar surface area (TPSA) is 94.0 Å². The molecule has 6 nitrogen and oxygen atoms in total. The van der Waals surface area contributed by atoms with Crippen molar-refractivity contribution in [3.05, 3.63) is 30.7 Å². The number of carbonyl (C=O) groups excluding carboxylic acids is 1. The molecule has 0 radical (unpaired) electrons. The second-order valence-corrected chi connectivity index (χ2v) is 5.18. The normalized spacial score (nSPS) is 12.1. The maximum absolute atomic E-state index is 11.8.